The number of hydrogen-bond acceptors (Lipinski definition) is 3. The van der Waals surface area contributed by atoms with E-state index in [4.69, 9.17) is 4.74 Å². The summed E-state index contributed by atoms with van der Waals surface area (Å²) in [6.07, 6.45) is 5.96. The number of hydrogen-bond donors (Lipinski definition) is 1. The van der Waals surface area contributed by atoms with Crippen molar-refractivity contribution in [1.29, 1.82) is 0 Å². The highest BCUT2D eigenvalue weighted by Crippen LogP contribution is 2.15. The Bertz CT molecular complexity index is 161. The molecule has 0 unspecified atom stereocenters. The van der Waals surface area contributed by atoms with E-state index >= 15 is 0 Å². The van der Waals surface area contributed by atoms with Crippen molar-refractivity contribution < 1.29 is 9.53 Å². The van der Waals surface area contributed by atoms with Gasteiger partial charge in [-0.25, -0.2) is 0 Å². The summed E-state index contributed by atoms with van der Waals surface area (Å²) >= 11 is 0. The van der Waals surface area contributed by atoms with Crippen LogP contribution in [0.5, 0.6) is 0 Å². The fraction of sp³-hybridized carbons (Fsp3) is 0.917. The lowest BCUT2D eigenvalue weighted by Crippen LogP contribution is -2.23. The number of carbonyl (C=O) groups is 1. The SMILES string of the molecule is CCCCCCCOC(=O)C(C)(C)C.N. The van der Waals surface area contributed by atoms with Gasteiger partial charge in [0.15, 0.2) is 0 Å². The fourth-order valence-corrected chi connectivity index (χ4v) is 1.09. The Hall–Kier alpha value is -0.570. The quantitative estimate of drug-likeness (QED) is 0.545. The van der Waals surface area contributed by atoms with Crippen LogP contribution >= 0.6 is 0 Å². The summed E-state index contributed by atoms with van der Waals surface area (Å²) in [5, 5.41) is 0. The average Bonchev–Trinajstić information content (AvgIpc) is 2.09. The fourth-order valence-electron chi connectivity index (χ4n) is 1.09. The van der Waals surface area contributed by atoms with Gasteiger partial charge in [0.25, 0.3) is 0 Å². The second kappa shape index (κ2) is 8.72. The topological polar surface area (TPSA) is 61.3 Å². The molecule has 3 N–H and O–H groups in total. The van der Waals surface area contributed by atoms with Crippen molar-refractivity contribution >= 4 is 5.97 Å². The summed E-state index contributed by atoms with van der Waals surface area (Å²) in [6, 6.07) is 0. The van der Waals surface area contributed by atoms with Gasteiger partial charge in [0.05, 0.1) is 12.0 Å². The predicted molar refractivity (Wildman–Crippen MR) is 64.2 cm³/mol. The third-order valence-electron chi connectivity index (χ3n) is 2.09. The molecule has 92 valence electrons. The van der Waals surface area contributed by atoms with Crippen LogP contribution in [0.25, 0.3) is 0 Å². The molecule has 0 aromatic rings. The third-order valence-corrected chi connectivity index (χ3v) is 2.09. The highest BCUT2D eigenvalue weighted by molar-refractivity contribution is 5.75. The highest BCUT2D eigenvalue weighted by Gasteiger charge is 2.22. The molecule has 0 saturated heterocycles. The molecule has 0 spiro atoms. The van der Waals surface area contributed by atoms with E-state index in [0.717, 1.165) is 6.42 Å². The molecule has 0 radical (unpaired) electrons. The highest BCUT2D eigenvalue weighted by atomic mass is 16.5. The largest absolute Gasteiger partial charge is 0.465 e. The van der Waals surface area contributed by atoms with Crippen LogP contribution in [-0.2, 0) is 9.53 Å². The van der Waals surface area contributed by atoms with Crippen LogP contribution in [0.1, 0.15) is 59.8 Å². The van der Waals surface area contributed by atoms with Gasteiger partial charge in [-0.3, -0.25) is 4.79 Å². The van der Waals surface area contributed by atoms with E-state index in [0.29, 0.717) is 6.61 Å². The Labute approximate surface area is 94.2 Å². The normalized spacial score (nSPS) is 10.7. The molecule has 0 aromatic heterocycles. The van der Waals surface area contributed by atoms with Crippen LogP contribution in [0.2, 0.25) is 0 Å². The number of carbonyl (C=O) groups excluding carboxylic acids is 1. The van der Waals surface area contributed by atoms with E-state index < -0.39 is 0 Å². The Morgan fingerprint density at radius 2 is 1.60 bits per heavy atom. The maximum absolute atomic E-state index is 11.3. The van der Waals surface area contributed by atoms with Crippen molar-refractivity contribution in [2.75, 3.05) is 6.61 Å². The summed E-state index contributed by atoms with van der Waals surface area (Å²) in [7, 11) is 0. The van der Waals surface area contributed by atoms with E-state index in [-0.39, 0.29) is 17.5 Å². The molecule has 3 nitrogen and oxygen atoms in total. The second-order valence-corrected chi connectivity index (χ2v) is 4.80. The minimum absolute atomic E-state index is 0. The zero-order valence-corrected chi connectivity index (χ0v) is 10.8. The van der Waals surface area contributed by atoms with Crippen LogP contribution in [0.3, 0.4) is 0 Å². The van der Waals surface area contributed by atoms with Crippen LogP contribution in [0.4, 0.5) is 0 Å². The van der Waals surface area contributed by atoms with Gasteiger partial charge in [0.2, 0.25) is 0 Å². The lowest BCUT2D eigenvalue weighted by molar-refractivity contribution is -0.153. The van der Waals surface area contributed by atoms with Crippen molar-refractivity contribution in [3.63, 3.8) is 0 Å². The van der Waals surface area contributed by atoms with Crippen molar-refractivity contribution in [3.05, 3.63) is 0 Å². The van der Waals surface area contributed by atoms with E-state index in [1.807, 2.05) is 20.8 Å². The molecule has 0 bridgehead atoms. The van der Waals surface area contributed by atoms with Crippen molar-refractivity contribution in [3.8, 4) is 0 Å². The number of rotatable bonds is 6. The molecule has 0 aliphatic carbocycles. The second-order valence-electron chi connectivity index (χ2n) is 4.80. The average molecular weight is 217 g/mol. The molecular formula is C12H27NO2. The molecule has 0 aliphatic rings. The monoisotopic (exact) mass is 217 g/mol. The first-order valence-corrected chi connectivity index (χ1v) is 5.65. The van der Waals surface area contributed by atoms with Crippen LogP contribution in [0.15, 0.2) is 0 Å². The zero-order valence-electron chi connectivity index (χ0n) is 10.8. The van der Waals surface area contributed by atoms with Gasteiger partial charge in [-0.05, 0) is 27.2 Å². The van der Waals surface area contributed by atoms with E-state index in [1.165, 1.54) is 25.7 Å². The minimum Gasteiger partial charge on any atom is -0.465 e. The predicted octanol–water partition coefficient (Wildman–Crippen LogP) is 3.71. The molecule has 0 saturated carbocycles. The van der Waals surface area contributed by atoms with Gasteiger partial charge in [0, 0.05) is 0 Å². The molecule has 0 atom stereocenters. The molecular weight excluding hydrogens is 190 g/mol. The van der Waals surface area contributed by atoms with Crippen molar-refractivity contribution in [2.24, 2.45) is 5.41 Å². The molecule has 0 aliphatic heterocycles. The van der Waals surface area contributed by atoms with Gasteiger partial charge in [-0.15, -0.1) is 0 Å². The molecule has 0 rings (SSSR count). The Morgan fingerprint density at radius 1 is 1.07 bits per heavy atom. The first-order valence-electron chi connectivity index (χ1n) is 5.65. The Balaban J connectivity index is 0. The summed E-state index contributed by atoms with van der Waals surface area (Å²) in [5.41, 5.74) is -0.358. The van der Waals surface area contributed by atoms with E-state index in [1.54, 1.807) is 0 Å². The van der Waals surface area contributed by atoms with Crippen LogP contribution in [-0.4, -0.2) is 12.6 Å². The summed E-state index contributed by atoms with van der Waals surface area (Å²) in [5.74, 6) is -0.0898. The lowest BCUT2D eigenvalue weighted by Gasteiger charge is -2.16. The molecule has 15 heavy (non-hydrogen) atoms. The van der Waals surface area contributed by atoms with Gasteiger partial charge >= 0.3 is 5.97 Å². The maximum Gasteiger partial charge on any atom is 0.311 e. The molecule has 0 heterocycles. The standard InChI is InChI=1S/C12H24O2.H3N/c1-5-6-7-8-9-10-14-11(13)12(2,3)4;/h5-10H2,1-4H3;1H3. The van der Waals surface area contributed by atoms with Crippen LogP contribution < -0.4 is 6.15 Å². The smallest absolute Gasteiger partial charge is 0.311 e. The van der Waals surface area contributed by atoms with Gasteiger partial charge in [-0.1, -0.05) is 32.6 Å². The van der Waals surface area contributed by atoms with E-state index in [9.17, 15) is 4.79 Å². The number of esters is 1. The van der Waals surface area contributed by atoms with Crippen LogP contribution in [0, 0.1) is 5.41 Å². The molecule has 0 amide bonds. The third kappa shape index (κ3) is 9.73. The van der Waals surface area contributed by atoms with E-state index in [2.05, 4.69) is 6.92 Å². The molecule has 3 heteroatoms. The summed E-state index contributed by atoms with van der Waals surface area (Å²) in [6.45, 7) is 8.42. The molecule has 0 fully saturated rings. The van der Waals surface area contributed by atoms with Crippen molar-refractivity contribution in [2.45, 2.75) is 59.8 Å². The zero-order chi connectivity index (χ0) is 11.0. The Morgan fingerprint density at radius 3 is 2.07 bits per heavy atom. The summed E-state index contributed by atoms with van der Waals surface area (Å²) in [4.78, 5) is 11.3. The van der Waals surface area contributed by atoms with Gasteiger partial charge in [-0.2, -0.15) is 0 Å². The maximum atomic E-state index is 11.3. The first-order chi connectivity index (χ1) is 6.48. The number of ether oxygens (including phenoxy) is 1. The molecule has 0 aromatic carbocycles. The minimum atomic E-state index is -0.358. The first kappa shape index (κ1) is 16.8. The Kier molecular flexibility index (Phi) is 9.79. The number of unbranched alkanes of at least 4 members (excludes halogenated alkanes) is 4. The van der Waals surface area contributed by atoms with Crippen molar-refractivity contribution in [1.82, 2.24) is 6.15 Å². The lowest BCUT2D eigenvalue weighted by atomic mass is 9.97. The summed E-state index contributed by atoms with van der Waals surface area (Å²) < 4.78 is 5.15. The van der Waals surface area contributed by atoms with Gasteiger partial charge < -0.3 is 10.9 Å². The van der Waals surface area contributed by atoms with Gasteiger partial charge in [0.1, 0.15) is 0 Å².